The van der Waals surface area contributed by atoms with Gasteiger partial charge in [-0.1, -0.05) is 0 Å². The first-order valence-corrected chi connectivity index (χ1v) is 5.00. The van der Waals surface area contributed by atoms with E-state index in [1.54, 1.807) is 0 Å². The van der Waals surface area contributed by atoms with Crippen molar-refractivity contribution in [1.29, 1.82) is 0 Å². The first-order chi connectivity index (χ1) is 7.68. The Kier molecular flexibility index (Phi) is 3.26. The zero-order valence-electron chi connectivity index (χ0n) is 8.50. The molecule has 5 heteroatoms. The van der Waals surface area contributed by atoms with E-state index in [-0.39, 0.29) is 11.3 Å². The first-order valence-electron chi connectivity index (χ1n) is 5.00. The van der Waals surface area contributed by atoms with Gasteiger partial charge in [-0.2, -0.15) is 0 Å². The molecule has 2 rings (SSSR count). The minimum absolute atomic E-state index is 0.132. The molecule has 1 heterocycles. The highest BCUT2D eigenvalue weighted by molar-refractivity contribution is 5.99. The highest BCUT2D eigenvalue weighted by Crippen LogP contribution is 2.12. The zero-order chi connectivity index (χ0) is 11.5. The molecule has 3 nitrogen and oxygen atoms in total. The van der Waals surface area contributed by atoms with Crippen molar-refractivity contribution >= 4 is 5.78 Å². The molecule has 1 saturated heterocycles. The number of Topliss-reactive ketones (excluding diaryl/α,β-unsaturated/α-hetero) is 1. The van der Waals surface area contributed by atoms with E-state index in [4.69, 9.17) is 4.74 Å². The Morgan fingerprint density at radius 2 is 2.19 bits per heavy atom. The smallest absolute Gasteiger partial charge is 0.192 e. The number of rotatable bonds is 2. The molecule has 1 atom stereocenters. The standard InChI is InChI=1S/C11H11F2NO2/c12-8-2-1-7(5-9(8)13)11(15)10-6-14-3-4-16-10/h1-2,5,10,14H,3-4,6H2. The molecule has 0 aromatic heterocycles. The van der Waals surface area contributed by atoms with Crippen LogP contribution in [0.2, 0.25) is 0 Å². The highest BCUT2D eigenvalue weighted by Gasteiger charge is 2.23. The van der Waals surface area contributed by atoms with Crippen LogP contribution in [-0.2, 0) is 4.74 Å². The summed E-state index contributed by atoms with van der Waals surface area (Å²) in [5.41, 5.74) is 0.132. The van der Waals surface area contributed by atoms with Gasteiger partial charge in [0.05, 0.1) is 6.61 Å². The lowest BCUT2D eigenvalue weighted by Gasteiger charge is -2.22. The fourth-order valence-electron chi connectivity index (χ4n) is 1.57. The summed E-state index contributed by atoms with van der Waals surface area (Å²) in [5.74, 6) is -2.31. The lowest BCUT2D eigenvalue weighted by atomic mass is 10.1. The van der Waals surface area contributed by atoms with Gasteiger partial charge >= 0.3 is 0 Å². The van der Waals surface area contributed by atoms with Gasteiger partial charge in [0.25, 0.3) is 0 Å². The fraction of sp³-hybridized carbons (Fsp3) is 0.364. The molecule has 1 fully saturated rings. The SMILES string of the molecule is O=C(c1ccc(F)c(F)c1)C1CNCCO1. The summed E-state index contributed by atoms with van der Waals surface area (Å²) in [6.07, 6.45) is -0.612. The van der Waals surface area contributed by atoms with Gasteiger partial charge in [-0.3, -0.25) is 4.79 Å². The van der Waals surface area contributed by atoms with Crippen molar-refractivity contribution in [3.63, 3.8) is 0 Å². The molecule has 0 bridgehead atoms. The van der Waals surface area contributed by atoms with E-state index in [0.717, 1.165) is 12.1 Å². The Bertz CT molecular complexity index is 403. The van der Waals surface area contributed by atoms with E-state index in [2.05, 4.69) is 5.32 Å². The maximum absolute atomic E-state index is 12.9. The topological polar surface area (TPSA) is 38.3 Å². The van der Waals surface area contributed by atoms with Gasteiger partial charge in [-0.25, -0.2) is 8.78 Å². The predicted molar refractivity (Wildman–Crippen MR) is 53.3 cm³/mol. The van der Waals surface area contributed by atoms with Crippen molar-refractivity contribution in [3.05, 3.63) is 35.4 Å². The van der Waals surface area contributed by atoms with Crippen molar-refractivity contribution in [2.75, 3.05) is 19.7 Å². The van der Waals surface area contributed by atoms with Crippen molar-refractivity contribution in [1.82, 2.24) is 5.32 Å². The fourth-order valence-corrected chi connectivity index (χ4v) is 1.57. The average Bonchev–Trinajstić information content (AvgIpc) is 2.33. The molecule has 1 aromatic carbocycles. The van der Waals surface area contributed by atoms with Gasteiger partial charge in [0, 0.05) is 18.7 Å². The lowest BCUT2D eigenvalue weighted by molar-refractivity contribution is 0.0269. The van der Waals surface area contributed by atoms with E-state index >= 15 is 0 Å². The van der Waals surface area contributed by atoms with Crippen molar-refractivity contribution in [2.24, 2.45) is 0 Å². The maximum Gasteiger partial charge on any atom is 0.192 e. The quantitative estimate of drug-likeness (QED) is 0.770. The van der Waals surface area contributed by atoms with Crippen LogP contribution in [0.25, 0.3) is 0 Å². The molecule has 1 aromatic rings. The second-order valence-electron chi connectivity index (χ2n) is 3.56. The number of carbonyl (C=O) groups excluding carboxylic acids is 1. The van der Waals surface area contributed by atoms with E-state index in [9.17, 15) is 13.6 Å². The third kappa shape index (κ3) is 2.25. The Labute approximate surface area is 91.4 Å². The van der Waals surface area contributed by atoms with Crippen LogP contribution in [0.4, 0.5) is 8.78 Å². The number of halogens is 2. The van der Waals surface area contributed by atoms with Gasteiger partial charge in [0.15, 0.2) is 17.4 Å². The van der Waals surface area contributed by atoms with Gasteiger partial charge in [-0.15, -0.1) is 0 Å². The molecule has 0 radical (unpaired) electrons. The molecular weight excluding hydrogens is 216 g/mol. The highest BCUT2D eigenvalue weighted by atomic mass is 19.2. The Morgan fingerprint density at radius 3 is 2.81 bits per heavy atom. The number of morpholine rings is 1. The number of carbonyl (C=O) groups is 1. The number of hydrogen-bond donors (Lipinski definition) is 1. The molecule has 1 aliphatic rings. The third-order valence-corrected chi connectivity index (χ3v) is 2.42. The second kappa shape index (κ2) is 4.67. The molecule has 1 N–H and O–H groups in total. The van der Waals surface area contributed by atoms with Crippen LogP contribution in [-0.4, -0.2) is 31.6 Å². The van der Waals surface area contributed by atoms with Crippen LogP contribution in [0, 0.1) is 11.6 Å². The van der Waals surface area contributed by atoms with E-state index < -0.39 is 17.7 Å². The van der Waals surface area contributed by atoms with Crippen LogP contribution in [0.1, 0.15) is 10.4 Å². The molecule has 16 heavy (non-hydrogen) atoms. The summed E-state index contributed by atoms with van der Waals surface area (Å²) < 4.78 is 30.8. The normalized spacial score (nSPS) is 20.8. The third-order valence-electron chi connectivity index (χ3n) is 2.42. The minimum atomic E-state index is -1.02. The second-order valence-corrected chi connectivity index (χ2v) is 3.56. The minimum Gasteiger partial charge on any atom is -0.367 e. The maximum atomic E-state index is 12.9. The van der Waals surface area contributed by atoms with Crippen LogP contribution in [0.3, 0.4) is 0 Å². The monoisotopic (exact) mass is 227 g/mol. The molecule has 0 spiro atoms. The van der Waals surface area contributed by atoms with E-state index in [1.807, 2.05) is 0 Å². The van der Waals surface area contributed by atoms with Gasteiger partial charge in [0.2, 0.25) is 0 Å². The van der Waals surface area contributed by atoms with Crippen LogP contribution < -0.4 is 5.32 Å². The average molecular weight is 227 g/mol. The lowest BCUT2D eigenvalue weighted by Crippen LogP contribution is -2.43. The number of benzene rings is 1. The molecule has 0 aliphatic carbocycles. The number of ether oxygens (including phenoxy) is 1. The summed E-state index contributed by atoms with van der Waals surface area (Å²) >= 11 is 0. The van der Waals surface area contributed by atoms with Gasteiger partial charge in [0.1, 0.15) is 6.10 Å². The molecule has 86 valence electrons. The largest absolute Gasteiger partial charge is 0.367 e. The number of nitrogens with one attached hydrogen (secondary N) is 1. The summed E-state index contributed by atoms with van der Waals surface area (Å²) in [4.78, 5) is 11.8. The Hall–Kier alpha value is -1.33. The first kappa shape index (κ1) is 11.2. The molecule has 1 aliphatic heterocycles. The Morgan fingerprint density at radius 1 is 1.38 bits per heavy atom. The predicted octanol–water partition coefficient (Wildman–Crippen LogP) is 1.14. The number of ketones is 1. The number of hydrogen-bond acceptors (Lipinski definition) is 3. The summed E-state index contributed by atoms with van der Waals surface area (Å²) in [5, 5.41) is 3.00. The van der Waals surface area contributed by atoms with E-state index in [0.29, 0.717) is 19.7 Å². The molecule has 0 saturated carbocycles. The van der Waals surface area contributed by atoms with Gasteiger partial charge < -0.3 is 10.1 Å². The summed E-state index contributed by atoms with van der Waals surface area (Å²) in [6, 6.07) is 3.10. The summed E-state index contributed by atoms with van der Waals surface area (Å²) in [6.45, 7) is 1.54. The molecule has 0 amide bonds. The van der Waals surface area contributed by atoms with Crippen LogP contribution >= 0.6 is 0 Å². The zero-order valence-corrected chi connectivity index (χ0v) is 8.50. The van der Waals surface area contributed by atoms with Crippen molar-refractivity contribution in [2.45, 2.75) is 6.10 Å². The summed E-state index contributed by atoms with van der Waals surface area (Å²) in [7, 11) is 0. The van der Waals surface area contributed by atoms with Gasteiger partial charge in [-0.05, 0) is 18.2 Å². The van der Waals surface area contributed by atoms with Crippen LogP contribution in [0.15, 0.2) is 18.2 Å². The Balaban J connectivity index is 2.16. The molecular formula is C11H11F2NO2. The van der Waals surface area contributed by atoms with Crippen LogP contribution in [0.5, 0.6) is 0 Å². The van der Waals surface area contributed by atoms with Crippen molar-refractivity contribution < 1.29 is 18.3 Å². The van der Waals surface area contributed by atoms with E-state index in [1.165, 1.54) is 6.07 Å². The molecule has 1 unspecified atom stereocenters. The van der Waals surface area contributed by atoms with Crippen molar-refractivity contribution in [3.8, 4) is 0 Å².